The first-order chi connectivity index (χ1) is 11.9. The summed E-state index contributed by atoms with van der Waals surface area (Å²) in [6.45, 7) is 3.03. The Bertz CT molecular complexity index is 551. The molecule has 1 aromatic rings. The molecule has 9 heteroatoms. The standard InChI is InChI=1S/C16H19F5O4/c1-2-3-4-6-23-8-9-24-7-5-10(22)25-16-14(20)12(18)11(17)13(19)15(16)21/h2-9H2,1H3. The number of benzene rings is 1. The monoisotopic (exact) mass is 370 g/mol. The van der Waals surface area contributed by atoms with E-state index in [2.05, 4.69) is 11.7 Å². The zero-order chi connectivity index (χ0) is 18.8. The summed E-state index contributed by atoms with van der Waals surface area (Å²) in [5.74, 6) is -13.9. The molecule has 0 radical (unpaired) electrons. The van der Waals surface area contributed by atoms with Crippen LogP contribution in [0.15, 0.2) is 0 Å². The maximum atomic E-state index is 13.3. The lowest BCUT2D eigenvalue weighted by molar-refractivity contribution is -0.136. The fourth-order valence-corrected chi connectivity index (χ4v) is 1.77. The van der Waals surface area contributed by atoms with E-state index in [0.29, 0.717) is 13.2 Å². The molecule has 0 unspecified atom stereocenters. The molecule has 142 valence electrons. The molecule has 0 atom stereocenters. The molecule has 0 aliphatic rings. The Morgan fingerprint density at radius 3 is 1.84 bits per heavy atom. The first kappa shape index (κ1) is 21.3. The van der Waals surface area contributed by atoms with Gasteiger partial charge in [0, 0.05) is 6.61 Å². The molecule has 0 amide bonds. The second-order valence-electron chi connectivity index (χ2n) is 5.05. The van der Waals surface area contributed by atoms with Crippen LogP contribution in [-0.4, -0.2) is 32.4 Å². The molecule has 1 aromatic carbocycles. The van der Waals surface area contributed by atoms with Gasteiger partial charge in [0.25, 0.3) is 0 Å². The number of hydrogen-bond acceptors (Lipinski definition) is 4. The van der Waals surface area contributed by atoms with Crippen molar-refractivity contribution >= 4 is 5.97 Å². The van der Waals surface area contributed by atoms with Crippen molar-refractivity contribution in [3.05, 3.63) is 29.1 Å². The van der Waals surface area contributed by atoms with E-state index in [-0.39, 0.29) is 13.2 Å². The Kier molecular flexibility index (Phi) is 9.36. The molecule has 0 bridgehead atoms. The molecule has 0 aliphatic heterocycles. The summed E-state index contributed by atoms with van der Waals surface area (Å²) in [6.07, 6.45) is 2.65. The van der Waals surface area contributed by atoms with Crippen LogP contribution in [0.3, 0.4) is 0 Å². The van der Waals surface area contributed by atoms with Gasteiger partial charge in [0.15, 0.2) is 0 Å². The summed E-state index contributed by atoms with van der Waals surface area (Å²) >= 11 is 0. The molecule has 0 spiro atoms. The Morgan fingerprint density at radius 2 is 1.28 bits per heavy atom. The summed E-state index contributed by atoms with van der Waals surface area (Å²) in [4.78, 5) is 11.4. The number of ether oxygens (including phenoxy) is 3. The second-order valence-corrected chi connectivity index (χ2v) is 5.05. The molecular weight excluding hydrogens is 351 g/mol. The lowest BCUT2D eigenvalue weighted by Gasteiger charge is -2.09. The van der Waals surface area contributed by atoms with E-state index in [1.54, 1.807) is 0 Å². The molecule has 0 aromatic heterocycles. The Hall–Kier alpha value is -1.74. The Balaban J connectivity index is 2.34. The molecule has 0 N–H and O–H groups in total. The number of hydrogen-bond donors (Lipinski definition) is 0. The van der Waals surface area contributed by atoms with Crippen LogP contribution in [-0.2, 0) is 14.3 Å². The van der Waals surface area contributed by atoms with Crippen molar-refractivity contribution in [2.24, 2.45) is 0 Å². The van der Waals surface area contributed by atoms with Crippen LogP contribution >= 0.6 is 0 Å². The van der Waals surface area contributed by atoms with E-state index in [1.807, 2.05) is 0 Å². The normalized spacial score (nSPS) is 11.0. The fourth-order valence-electron chi connectivity index (χ4n) is 1.77. The van der Waals surface area contributed by atoms with Crippen molar-refractivity contribution in [1.29, 1.82) is 0 Å². The highest BCUT2D eigenvalue weighted by Crippen LogP contribution is 2.29. The number of carbonyl (C=O) groups excluding carboxylic acids is 1. The number of carbonyl (C=O) groups is 1. The van der Waals surface area contributed by atoms with Crippen LogP contribution in [0, 0.1) is 29.1 Å². The third kappa shape index (κ3) is 6.58. The average molecular weight is 370 g/mol. The van der Waals surface area contributed by atoms with Crippen molar-refractivity contribution in [2.75, 3.05) is 26.4 Å². The minimum Gasteiger partial charge on any atom is -0.420 e. The van der Waals surface area contributed by atoms with Gasteiger partial charge in [-0.2, -0.15) is 8.78 Å². The SMILES string of the molecule is CCCCCOCCOCCC(=O)Oc1c(F)c(F)c(F)c(F)c1F. The quantitative estimate of drug-likeness (QED) is 0.148. The van der Waals surface area contributed by atoms with Gasteiger partial charge in [-0.15, -0.1) is 0 Å². The van der Waals surface area contributed by atoms with E-state index in [4.69, 9.17) is 9.47 Å². The summed E-state index contributed by atoms with van der Waals surface area (Å²) in [6, 6.07) is 0. The number of esters is 1. The van der Waals surface area contributed by atoms with Crippen LogP contribution in [0.1, 0.15) is 32.6 Å². The van der Waals surface area contributed by atoms with Gasteiger partial charge in [-0.25, -0.2) is 13.2 Å². The van der Waals surface area contributed by atoms with Crippen LogP contribution < -0.4 is 4.74 Å². The van der Waals surface area contributed by atoms with E-state index in [9.17, 15) is 26.7 Å². The molecule has 0 saturated carbocycles. The zero-order valence-electron chi connectivity index (χ0n) is 13.7. The lowest BCUT2D eigenvalue weighted by Crippen LogP contribution is -2.16. The van der Waals surface area contributed by atoms with Gasteiger partial charge in [-0.05, 0) is 6.42 Å². The maximum Gasteiger partial charge on any atom is 0.313 e. The number of rotatable bonds is 11. The van der Waals surface area contributed by atoms with Gasteiger partial charge in [0.2, 0.25) is 34.8 Å². The largest absolute Gasteiger partial charge is 0.420 e. The maximum absolute atomic E-state index is 13.3. The smallest absolute Gasteiger partial charge is 0.313 e. The summed E-state index contributed by atoms with van der Waals surface area (Å²) in [7, 11) is 0. The Morgan fingerprint density at radius 1 is 0.760 bits per heavy atom. The number of unbranched alkanes of at least 4 members (excludes halogenated alkanes) is 2. The Labute approximate surface area is 141 Å². The van der Waals surface area contributed by atoms with Crippen LogP contribution in [0.5, 0.6) is 5.75 Å². The average Bonchev–Trinajstić information content (AvgIpc) is 2.60. The van der Waals surface area contributed by atoms with Crippen molar-refractivity contribution in [1.82, 2.24) is 0 Å². The molecular formula is C16H19F5O4. The van der Waals surface area contributed by atoms with Crippen molar-refractivity contribution in [3.63, 3.8) is 0 Å². The van der Waals surface area contributed by atoms with Gasteiger partial charge in [0.05, 0.1) is 26.2 Å². The van der Waals surface area contributed by atoms with Crippen LogP contribution in [0.2, 0.25) is 0 Å². The minimum atomic E-state index is -2.32. The summed E-state index contributed by atoms with van der Waals surface area (Å²) < 4.78 is 80.0. The topological polar surface area (TPSA) is 44.8 Å². The molecule has 25 heavy (non-hydrogen) atoms. The molecule has 0 fully saturated rings. The first-order valence-corrected chi connectivity index (χ1v) is 7.77. The van der Waals surface area contributed by atoms with E-state index in [0.717, 1.165) is 19.3 Å². The fraction of sp³-hybridized carbons (Fsp3) is 0.562. The van der Waals surface area contributed by atoms with Crippen LogP contribution in [0.25, 0.3) is 0 Å². The third-order valence-electron chi connectivity index (χ3n) is 3.10. The predicted molar refractivity (Wildman–Crippen MR) is 77.6 cm³/mol. The van der Waals surface area contributed by atoms with Gasteiger partial charge >= 0.3 is 5.97 Å². The molecule has 0 saturated heterocycles. The minimum absolute atomic E-state index is 0.146. The van der Waals surface area contributed by atoms with E-state index < -0.39 is 47.2 Å². The predicted octanol–water partition coefficient (Wildman–Crippen LogP) is 3.90. The van der Waals surface area contributed by atoms with Gasteiger partial charge in [-0.3, -0.25) is 4.79 Å². The van der Waals surface area contributed by atoms with E-state index in [1.165, 1.54) is 0 Å². The molecule has 1 rings (SSSR count). The van der Waals surface area contributed by atoms with E-state index >= 15 is 0 Å². The number of halogens is 5. The van der Waals surface area contributed by atoms with Gasteiger partial charge in [-0.1, -0.05) is 19.8 Å². The van der Waals surface area contributed by atoms with Crippen molar-refractivity contribution in [2.45, 2.75) is 32.6 Å². The zero-order valence-corrected chi connectivity index (χ0v) is 13.7. The van der Waals surface area contributed by atoms with Crippen LogP contribution in [0.4, 0.5) is 22.0 Å². The van der Waals surface area contributed by atoms with Crippen molar-refractivity contribution in [3.8, 4) is 5.75 Å². The highest BCUT2D eigenvalue weighted by atomic mass is 19.2. The second kappa shape index (κ2) is 11.0. The highest BCUT2D eigenvalue weighted by Gasteiger charge is 2.28. The lowest BCUT2D eigenvalue weighted by atomic mass is 10.2. The summed E-state index contributed by atoms with van der Waals surface area (Å²) in [5.41, 5.74) is 0. The highest BCUT2D eigenvalue weighted by molar-refractivity contribution is 5.72. The molecule has 4 nitrogen and oxygen atoms in total. The molecule has 0 heterocycles. The molecule has 0 aliphatic carbocycles. The summed E-state index contributed by atoms with van der Waals surface area (Å²) in [5, 5.41) is 0. The van der Waals surface area contributed by atoms with Crippen molar-refractivity contribution < 1.29 is 41.0 Å². The van der Waals surface area contributed by atoms with Gasteiger partial charge < -0.3 is 14.2 Å². The first-order valence-electron chi connectivity index (χ1n) is 7.77. The van der Waals surface area contributed by atoms with Gasteiger partial charge in [0.1, 0.15) is 0 Å². The third-order valence-corrected chi connectivity index (χ3v) is 3.10.